The molecule has 0 spiro atoms. The van der Waals surface area contributed by atoms with Crippen LogP contribution in [0.1, 0.15) is 28.8 Å². The number of rotatable bonds is 7. The molecular formula is C23H23F2N7O4. The van der Waals surface area contributed by atoms with Gasteiger partial charge in [0.15, 0.2) is 11.6 Å². The van der Waals surface area contributed by atoms with Crippen LogP contribution < -0.4 is 11.1 Å². The smallest absolute Gasteiger partial charge is 0.412 e. The topological polar surface area (TPSA) is 152 Å². The number of ether oxygens (including phenoxy) is 1. The van der Waals surface area contributed by atoms with Crippen LogP contribution in [0.3, 0.4) is 0 Å². The van der Waals surface area contributed by atoms with Crippen LogP contribution in [-0.4, -0.2) is 58.0 Å². The number of likely N-dealkylation sites (tertiary alicyclic amines) is 1. The Morgan fingerprint density at radius 2 is 2.22 bits per heavy atom. The fourth-order valence-electron chi connectivity index (χ4n) is 4.22. The van der Waals surface area contributed by atoms with Gasteiger partial charge in [0.05, 0.1) is 25.9 Å². The highest BCUT2D eigenvalue weighted by Gasteiger charge is 2.46. The van der Waals surface area contributed by atoms with E-state index in [1.54, 1.807) is 29.2 Å². The van der Waals surface area contributed by atoms with E-state index in [-0.39, 0.29) is 42.9 Å². The maximum Gasteiger partial charge on any atom is 0.412 e. The molecule has 4 rings (SSSR count). The number of nitriles is 1. The maximum absolute atomic E-state index is 15.7. The molecule has 1 aliphatic rings. The Morgan fingerprint density at radius 3 is 2.83 bits per heavy atom. The van der Waals surface area contributed by atoms with Gasteiger partial charge < -0.3 is 14.9 Å². The number of piperidine rings is 1. The lowest BCUT2D eigenvalue weighted by molar-refractivity contribution is 0.00652. The Balaban J connectivity index is 1.55. The number of amides is 2. The third-order valence-corrected chi connectivity index (χ3v) is 6.18. The molecule has 1 saturated heterocycles. The van der Waals surface area contributed by atoms with Crippen LogP contribution >= 0.6 is 0 Å². The second-order valence-electron chi connectivity index (χ2n) is 8.33. The summed E-state index contributed by atoms with van der Waals surface area (Å²) in [6.45, 7) is 0.265. The van der Waals surface area contributed by atoms with Crippen molar-refractivity contribution in [3.8, 4) is 17.5 Å². The van der Waals surface area contributed by atoms with Crippen LogP contribution in [0.25, 0.3) is 11.5 Å². The zero-order valence-corrected chi connectivity index (χ0v) is 19.3. The lowest BCUT2D eigenvalue weighted by Gasteiger charge is -2.43. The number of methoxy groups -OCH3 is 1. The van der Waals surface area contributed by atoms with Crippen LogP contribution in [0.2, 0.25) is 0 Å². The summed E-state index contributed by atoms with van der Waals surface area (Å²) in [5.74, 6) is -1.36. The van der Waals surface area contributed by atoms with E-state index in [0.29, 0.717) is 18.0 Å². The van der Waals surface area contributed by atoms with Gasteiger partial charge in [0, 0.05) is 31.4 Å². The number of nitrogens with one attached hydrogen (secondary N) is 1. The van der Waals surface area contributed by atoms with Gasteiger partial charge in [-0.15, -0.1) is 0 Å². The first-order valence-corrected chi connectivity index (χ1v) is 10.9. The largest absolute Gasteiger partial charge is 0.463 e. The van der Waals surface area contributed by atoms with Crippen molar-refractivity contribution in [1.82, 2.24) is 19.7 Å². The molecular weight excluding hydrogens is 476 g/mol. The number of halogens is 2. The van der Waals surface area contributed by atoms with Gasteiger partial charge in [-0.25, -0.2) is 14.2 Å². The van der Waals surface area contributed by atoms with E-state index >= 15 is 4.39 Å². The van der Waals surface area contributed by atoms with E-state index in [1.165, 1.54) is 17.1 Å². The Bertz CT molecular complexity index is 1300. The molecule has 2 unspecified atom stereocenters. The second kappa shape index (κ2) is 10.1. The van der Waals surface area contributed by atoms with E-state index < -0.39 is 29.7 Å². The monoisotopic (exact) mass is 499 g/mol. The van der Waals surface area contributed by atoms with Crippen molar-refractivity contribution in [2.45, 2.75) is 31.1 Å². The number of nitrogens with zero attached hydrogens (tertiary/aromatic N) is 5. The van der Waals surface area contributed by atoms with E-state index in [0.717, 1.165) is 7.11 Å². The van der Waals surface area contributed by atoms with Crippen LogP contribution in [-0.2, 0) is 16.8 Å². The number of hydrogen-bond acceptors (Lipinski definition) is 8. The third-order valence-electron chi connectivity index (χ3n) is 6.18. The molecule has 0 radical (unpaired) electrons. The number of nitrogens with two attached hydrogens (primary N) is 1. The number of carbonyl (C=O) groups is 2. The summed E-state index contributed by atoms with van der Waals surface area (Å²) in [5.41, 5.74) is 4.44. The molecule has 3 N–H and O–H groups in total. The SMILES string of the molecule is COC(=O)Nc1nn(C2(CC#N)CCN(Cc3ccc(-c4ccco4)nc3F)CC2F)cc1C(N)=O. The summed E-state index contributed by atoms with van der Waals surface area (Å²) >= 11 is 0. The molecule has 11 nitrogen and oxygen atoms in total. The summed E-state index contributed by atoms with van der Waals surface area (Å²) in [6.07, 6.45) is 0.0376. The van der Waals surface area contributed by atoms with E-state index in [9.17, 15) is 19.2 Å². The summed E-state index contributed by atoms with van der Waals surface area (Å²) in [6, 6.07) is 8.52. The van der Waals surface area contributed by atoms with E-state index in [1.807, 2.05) is 6.07 Å². The first-order valence-electron chi connectivity index (χ1n) is 10.9. The van der Waals surface area contributed by atoms with Crippen LogP contribution in [0, 0.1) is 17.3 Å². The normalized spacial score (nSPS) is 20.0. The van der Waals surface area contributed by atoms with E-state index in [2.05, 4.69) is 20.1 Å². The van der Waals surface area contributed by atoms with Crippen LogP contribution in [0.15, 0.2) is 41.1 Å². The van der Waals surface area contributed by atoms with Crippen molar-refractivity contribution in [2.75, 3.05) is 25.5 Å². The Kier molecular flexibility index (Phi) is 6.98. The lowest BCUT2D eigenvalue weighted by Crippen LogP contribution is -2.54. The summed E-state index contributed by atoms with van der Waals surface area (Å²) in [4.78, 5) is 29.2. The van der Waals surface area contributed by atoms with Gasteiger partial charge in [0.2, 0.25) is 5.95 Å². The minimum Gasteiger partial charge on any atom is -0.463 e. The highest BCUT2D eigenvalue weighted by Crippen LogP contribution is 2.37. The number of furan rings is 1. The van der Waals surface area contributed by atoms with Crippen molar-refractivity contribution in [1.29, 1.82) is 5.26 Å². The van der Waals surface area contributed by atoms with Crippen molar-refractivity contribution in [2.24, 2.45) is 5.73 Å². The molecule has 1 aliphatic heterocycles. The molecule has 0 bridgehead atoms. The quantitative estimate of drug-likeness (QED) is 0.471. The first kappa shape index (κ1) is 24.8. The fraction of sp³-hybridized carbons (Fsp3) is 0.348. The fourth-order valence-corrected chi connectivity index (χ4v) is 4.22. The molecule has 2 amide bonds. The second-order valence-corrected chi connectivity index (χ2v) is 8.33. The summed E-state index contributed by atoms with van der Waals surface area (Å²) in [7, 11) is 1.13. The van der Waals surface area contributed by atoms with Gasteiger partial charge in [-0.2, -0.15) is 14.8 Å². The summed E-state index contributed by atoms with van der Waals surface area (Å²) in [5, 5.41) is 15.9. The molecule has 4 heterocycles. The maximum atomic E-state index is 15.7. The van der Waals surface area contributed by atoms with Gasteiger partial charge in [0.25, 0.3) is 5.91 Å². The molecule has 3 aromatic heterocycles. The highest BCUT2D eigenvalue weighted by molar-refractivity contribution is 6.00. The van der Waals surface area contributed by atoms with Crippen LogP contribution in [0.4, 0.5) is 19.4 Å². The number of alkyl halides is 1. The van der Waals surface area contributed by atoms with Gasteiger partial charge in [0.1, 0.15) is 23.0 Å². The number of anilines is 1. The van der Waals surface area contributed by atoms with Gasteiger partial charge in [-0.1, -0.05) is 6.07 Å². The Hall–Kier alpha value is -4.31. The molecule has 3 aromatic rings. The zero-order valence-electron chi connectivity index (χ0n) is 19.3. The number of hydrogen-bond donors (Lipinski definition) is 2. The van der Waals surface area contributed by atoms with Crippen molar-refractivity contribution in [3.05, 3.63) is 53.8 Å². The average Bonchev–Trinajstić information content (AvgIpc) is 3.53. The van der Waals surface area contributed by atoms with E-state index in [4.69, 9.17) is 10.2 Å². The first-order chi connectivity index (χ1) is 17.3. The van der Waals surface area contributed by atoms with Crippen LogP contribution in [0.5, 0.6) is 0 Å². The predicted octanol–water partition coefficient (Wildman–Crippen LogP) is 2.81. The average molecular weight is 499 g/mol. The number of primary amides is 1. The minimum absolute atomic E-state index is 0.0983. The van der Waals surface area contributed by atoms with Crippen molar-refractivity contribution >= 4 is 17.8 Å². The van der Waals surface area contributed by atoms with Gasteiger partial charge in [-0.3, -0.25) is 19.7 Å². The molecule has 188 valence electrons. The predicted molar refractivity (Wildman–Crippen MR) is 122 cm³/mol. The third kappa shape index (κ3) is 4.76. The molecule has 0 aromatic carbocycles. The molecule has 2 atom stereocenters. The molecule has 0 aliphatic carbocycles. The standard InChI is InChI=1S/C23H23F2N7O4/c1-35-22(34)29-21-15(20(27)33)12-32(30-21)23(6-8-26)7-9-31(13-18(23)24)11-14-4-5-16(28-19(14)25)17-3-2-10-36-17/h2-5,10,12,18H,6-7,9,11,13H2,1H3,(H2,27,33)(H,29,30,34). The number of pyridine rings is 1. The molecule has 1 fully saturated rings. The van der Waals surface area contributed by atoms with Crippen molar-refractivity contribution in [3.63, 3.8) is 0 Å². The Morgan fingerprint density at radius 1 is 1.42 bits per heavy atom. The summed E-state index contributed by atoms with van der Waals surface area (Å²) < 4.78 is 41.3. The highest BCUT2D eigenvalue weighted by atomic mass is 19.1. The zero-order chi connectivity index (χ0) is 25.9. The minimum atomic E-state index is -1.61. The van der Waals surface area contributed by atoms with Gasteiger partial charge >= 0.3 is 6.09 Å². The van der Waals surface area contributed by atoms with Crippen molar-refractivity contribution < 1.29 is 27.5 Å². The molecule has 36 heavy (non-hydrogen) atoms. The lowest BCUT2D eigenvalue weighted by atomic mass is 9.83. The number of aromatic nitrogens is 3. The Labute approximate surface area is 204 Å². The van der Waals surface area contributed by atoms with Gasteiger partial charge in [-0.05, 0) is 24.6 Å². The molecule has 13 heteroatoms. The number of carbonyl (C=O) groups excluding carboxylic acids is 2. The molecule has 0 saturated carbocycles.